The fraction of sp³-hybridized carbons (Fsp3) is 0.643. The number of pyridine rings is 1. The number of halogens is 1. The predicted molar refractivity (Wildman–Crippen MR) is 83.0 cm³/mol. The molecule has 1 aromatic rings. The highest BCUT2D eigenvalue weighted by molar-refractivity contribution is 7.89. The highest BCUT2D eigenvalue weighted by Gasteiger charge is 2.41. The average Bonchev–Trinajstić information content (AvgIpc) is 2.95. The van der Waals surface area contributed by atoms with Crippen molar-refractivity contribution in [3.8, 4) is 0 Å². The van der Waals surface area contributed by atoms with Crippen LogP contribution in [0.3, 0.4) is 0 Å². The maximum Gasteiger partial charge on any atom is 0.244 e. The van der Waals surface area contributed by atoms with Crippen LogP contribution in [0.4, 0.5) is 5.82 Å². The van der Waals surface area contributed by atoms with Crippen molar-refractivity contribution in [3.63, 3.8) is 0 Å². The van der Waals surface area contributed by atoms with Crippen LogP contribution in [-0.2, 0) is 10.0 Å². The van der Waals surface area contributed by atoms with Crippen LogP contribution < -0.4 is 5.32 Å². The van der Waals surface area contributed by atoms with E-state index in [1.165, 1.54) is 12.3 Å². The Morgan fingerprint density at radius 2 is 2.10 bits per heavy atom. The average molecular weight is 330 g/mol. The maximum atomic E-state index is 12.9. The first-order chi connectivity index (χ1) is 10.0. The van der Waals surface area contributed by atoms with Gasteiger partial charge < -0.3 is 5.32 Å². The second-order valence-corrected chi connectivity index (χ2v) is 8.07. The molecule has 2 fully saturated rings. The number of hydrogen-bond acceptors (Lipinski definition) is 4. The van der Waals surface area contributed by atoms with E-state index in [0.29, 0.717) is 23.3 Å². The van der Waals surface area contributed by atoms with Crippen molar-refractivity contribution >= 4 is 27.4 Å². The van der Waals surface area contributed by atoms with E-state index in [1.54, 1.807) is 11.4 Å². The SMILES string of the molecule is CNc1ncc(S(=O)(=O)N2CCCC3CCCC32)cc1Cl. The highest BCUT2D eigenvalue weighted by atomic mass is 35.5. The Kier molecular flexibility index (Phi) is 4.12. The zero-order valence-electron chi connectivity index (χ0n) is 12.0. The van der Waals surface area contributed by atoms with Crippen LogP contribution in [0.5, 0.6) is 0 Å². The van der Waals surface area contributed by atoms with Crippen LogP contribution in [0.2, 0.25) is 5.02 Å². The second-order valence-electron chi connectivity index (χ2n) is 5.77. The van der Waals surface area contributed by atoms with Gasteiger partial charge in [0.2, 0.25) is 10.0 Å². The van der Waals surface area contributed by atoms with Crippen molar-refractivity contribution in [2.75, 3.05) is 18.9 Å². The normalized spacial score (nSPS) is 26.6. The summed E-state index contributed by atoms with van der Waals surface area (Å²) in [5, 5.41) is 3.17. The molecule has 2 unspecified atom stereocenters. The van der Waals surface area contributed by atoms with Gasteiger partial charge in [0.1, 0.15) is 10.7 Å². The number of aromatic nitrogens is 1. The van der Waals surface area contributed by atoms with Crippen LogP contribution in [-0.4, -0.2) is 37.3 Å². The topological polar surface area (TPSA) is 62.3 Å². The van der Waals surface area contributed by atoms with E-state index < -0.39 is 10.0 Å². The highest BCUT2D eigenvalue weighted by Crippen LogP contribution is 2.39. The van der Waals surface area contributed by atoms with Crippen molar-refractivity contribution in [2.24, 2.45) is 5.92 Å². The molecule has 0 aromatic carbocycles. The number of piperidine rings is 1. The minimum Gasteiger partial charge on any atom is -0.372 e. The van der Waals surface area contributed by atoms with Crippen LogP contribution in [0, 0.1) is 5.92 Å². The fourth-order valence-corrected chi connectivity index (χ4v) is 5.64. The number of nitrogens with one attached hydrogen (secondary N) is 1. The van der Waals surface area contributed by atoms with Gasteiger partial charge in [-0.25, -0.2) is 13.4 Å². The molecule has 5 nitrogen and oxygen atoms in total. The number of anilines is 1. The molecule has 1 aliphatic heterocycles. The second kappa shape index (κ2) is 5.74. The van der Waals surface area contributed by atoms with E-state index in [9.17, 15) is 8.42 Å². The van der Waals surface area contributed by atoms with Crippen LogP contribution in [0.25, 0.3) is 0 Å². The summed E-state index contributed by atoms with van der Waals surface area (Å²) < 4.78 is 27.5. The molecule has 1 N–H and O–H groups in total. The molecule has 0 bridgehead atoms. The number of nitrogens with zero attached hydrogens (tertiary/aromatic N) is 2. The molecule has 1 aliphatic carbocycles. The Labute approximate surface area is 130 Å². The molecule has 21 heavy (non-hydrogen) atoms. The largest absolute Gasteiger partial charge is 0.372 e. The Hall–Kier alpha value is -0.850. The lowest BCUT2D eigenvalue weighted by molar-refractivity contribution is 0.202. The quantitative estimate of drug-likeness (QED) is 0.926. The predicted octanol–water partition coefficient (Wildman–Crippen LogP) is 2.73. The van der Waals surface area contributed by atoms with Crippen molar-refractivity contribution in [3.05, 3.63) is 17.3 Å². The lowest BCUT2D eigenvalue weighted by Crippen LogP contribution is -2.46. The van der Waals surface area contributed by atoms with Gasteiger partial charge in [0, 0.05) is 25.8 Å². The summed E-state index contributed by atoms with van der Waals surface area (Å²) in [6.07, 6.45) is 6.73. The number of sulfonamides is 1. The first-order valence-electron chi connectivity index (χ1n) is 7.39. The molecule has 0 radical (unpaired) electrons. The Morgan fingerprint density at radius 3 is 2.81 bits per heavy atom. The number of hydrogen-bond donors (Lipinski definition) is 1. The molecule has 0 amide bonds. The smallest absolute Gasteiger partial charge is 0.244 e. The maximum absolute atomic E-state index is 12.9. The van der Waals surface area contributed by atoms with Crippen molar-refractivity contribution in [1.82, 2.24) is 9.29 Å². The van der Waals surface area contributed by atoms with E-state index in [0.717, 1.165) is 32.1 Å². The molecular weight excluding hydrogens is 310 g/mol. The zero-order chi connectivity index (χ0) is 15.0. The van der Waals surface area contributed by atoms with E-state index >= 15 is 0 Å². The Balaban J connectivity index is 1.94. The van der Waals surface area contributed by atoms with Gasteiger partial charge >= 0.3 is 0 Å². The van der Waals surface area contributed by atoms with Crippen LogP contribution >= 0.6 is 11.6 Å². The molecule has 1 aromatic heterocycles. The number of rotatable bonds is 3. The first-order valence-corrected chi connectivity index (χ1v) is 9.21. The molecule has 1 saturated heterocycles. The van der Waals surface area contributed by atoms with Crippen molar-refractivity contribution < 1.29 is 8.42 Å². The molecular formula is C14H20ClN3O2S. The van der Waals surface area contributed by atoms with E-state index in [1.807, 2.05) is 0 Å². The van der Waals surface area contributed by atoms with E-state index in [-0.39, 0.29) is 10.9 Å². The summed E-state index contributed by atoms with van der Waals surface area (Å²) in [5.41, 5.74) is 0. The summed E-state index contributed by atoms with van der Waals surface area (Å²) in [5.74, 6) is 1.02. The standard InChI is InChI=1S/C14H20ClN3O2S/c1-16-14-12(15)8-11(9-17-14)21(19,20)18-7-3-5-10-4-2-6-13(10)18/h8-10,13H,2-7H2,1H3,(H,16,17). The third-order valence-electron chi connectivity index (χ3n) is 4.60. The van der Waals surface area contributed by atoms with Crippen LogP contribution in [0.15, 0.2) is 17.2 Å². The Bertz CT molecular complexity index is 635. The van der Waals surface area contributed by atoms with E-state index in [4.69, 9.17) is 11.6 Å². The van der Waals surface area contributed by atoms with Gasteiger partial charge in [-0.1, -0.05) is 18.0 Å². The first kappa shape index (κ1) is 15.1. The van der Waals surface area contributed by atoms with E-state index in [2.05, 4.69) is 10.3 Å². The zero-order valence-corrected chi connectivity index (χ0v) is 13.6. The van der Waals surface area contributed by atoms with Gasteiger partial charge in [0.15, 0.2) is 0 Å². The lowest BCUT2D eigenvalue weighted by atomic mass is 9.94. The fourth-order valence-electron chi connectivity index (χ4n) is 3.59. The number of fused-ring (bicyclic) bond motifs is 1. The molecule has 2 atom stereocenters. The van der Waals surface area contributed by atoms with Gasteiger partial charge in [-0.3, -0.25) is 0 Å². The minimum atomic E-state index is -3.51. The van der Waals surface area contributed by atoms with Gasteiger partial charge in [-0.2, -0.15) is 4.31 Å². The van der Waals surface area contributed by atoms with Gasteiger partial charge in [-0.15, -0.1) is 0 Å². The molecule has 116 valence electrons. The van der Waals surface area contributed by atoms with Crippen LogP contribution in [0.1, 0.15) is 32.1 Å². The van der Waals surface area contributed by atoms with Crippen molar-refractivity contribution in [2.45, 2.75) is 43.0 Å². The van der Waals surface area contributed by atoms with Crippen molar-refractivity contribution in [1.29, 1.82) is 0 Å². The van der Waals surface area contributed by atoms with Gasteiger partial charge in [-0.05, 0) is 37.7 Å². The molecule has 2 heterocycles. The van der Waals surface area contributed by atoms with Gasteiger partial charge in [0.25, 0.3) is 0 Å². The summed E-state index contributed by atoms with van der Waals surface area (Å²) in [6, 6.07) is 1.65. The summed E-state index contributed by atoms with van der Waals surface area (Å²) >= 11 is 6.08. The van der Waals surface area contributed by atoms with Gasteiger partial charge in [0.05, 0.1) is 5.02 Å². The summed E-state index contributed by atoms with van der Waals surface area (Å²) in [6.45, 7) is 0.606. The molecule has 2 aliphatic rings. The molecule has 0 spiro atoms. The molecule has 3 rings (SSSR count). The molecule has 7 heteroatoms. The Morgan fingerprint density at radius 1 is 1.33 bits per heavy atom. The third-order valence-corrected chi connectivity index (χ3v) is 6.78. The summed E-state index contributed by atoms with van der Waals surface area (Å²) in [4.78, 5) is 4.29. The monoisotopic (exact) mass is 329 g/mol. The third kappa shape index (κ3) is 2.64. The lowest BCUT2D eigenvalue weighted by Gasteiger charge is -2.36. The molecule has 1 saturated carbocycles. The summed E-state index contributed by atoms with van der Waals surface area (Å²) in [7, 11) is -1.80. The minimum absolute atomic E-state index is 0.159.